The molecule has 1 aromatic carbocycles. The third-order valence-electron chi connectivity index (χ3n) is 1.99. The minimum absolute atomic E-state index is 0.0676. The predicted molar refractivity (Wildman–Crippen MR) is 57.8 cm³/mol. The number of ether oxygens (including phenoxy) is 2. The van der Waals surface area contributed by atoms with Gasteiger partial charge < -0.3 is 19.6 Å². The zero-order valence-corrected chi connectivity index (χ0v) is 9.15. The average Bonchev–Trinajstić information content (AvgIpc) is 2.29. The number of carbonyl (C=O) groups excluding carboxylic acids is 2. The molecule has 0 heterocycles. The smallest absolute Gasteiger partial charge is 0.412 e. The summed E-state index contributed by atoms with van der Waals surface area (Å²) < 4.78 is 10.1. The van der Waals surface area contributed by atoms with E-state index < -0.39 is 6.09 Å². The van der Waals surface area contributed by atoms with E-state index in [2.05, 4.69) is 5.32 Å². The fourth-order valence-electron chi connectivity index (χ4n) is 1.19. The van der Waals surface area contributed by atoms with E-state index in [1.165, 1.54) is 0 Å². The highest BCUT2D eigenvalue weighted by molar-refractivity contribution is 5.73. The molecule has 1 amide bonds. The van der Waals surface area contributed by atoms with Gasteiger partial charge in [-0.2, -0.15) is 0 Å². The summed E-state index contributed by atoms with van der Waals surface area (Å²) in [7, 11) is 1.54. The second kappa shape index (κ2) is 5.75. The summed E-state index contributed by atoms with van der Waals surface area (Å²) in [5, 5.41) is 2.28. The number of rotatable bonds is 4. The van der Waals surface area contributed by atoms with Gasteiger partial charge in [0.1, 0.15) is 17.8 Å². The number of nitrogens with one attached hydrogen (secondary N) is 1. The van der Waals surface area contributed by atoms with Gasteiger partial charge in [-0.1, -0.05) is 6.07 Å². The van der Waals surface area contributed by atoms with E-state index in [9.17, 15) is 9.59 Å². The number of benzene rings is 1. The first-order valence-corrected chi connectivity index (χ1v) is 4.72. The molecule has 0 aliphatic rings. The summed E-state index contributed by atoms with van der Waals surface area (Å²) in [4.78, 5) is 21.2. The van der Waals surface area contributed by atoms with Gasteiger partial charge in [0.25, 0.3) is 0 Å². The fourth-order valence-corrected chi connectivity index (χ4v) is 1.19. The van der Waals surface area contributed by atoms with E-state index in [1.54, 1.807) is 32.2 Å². The monoisotopic (exact) mass is 223 g/mol. The molecule has 0 aromatic heterocycles. The van der Waals surface area contributed by atoms with Crippen LogP contribution in [0.3, 0.4) is 0 Å². The lowest BCUT2D eigenvalue weighted by atomic mass is 10.2. The van der Waals surface area contributed by atoms with Crippen molar-refractivity contribution in [3.05, 3.63) is 23.8 Å². The maximum Gasteiger partial charge on any atom is 0.412 e. The Hall–Kier alpha value is -2.04. The van der Waals surface area contributed by atoms with E-state index in [4.69, 9.17) is 9.47 Å². The lowest BCUT2D eigenvalue weighted by Gasteiger charge is -2.10. The van der Waals surface area contributed by atoms with Gasteiger partial charge in [0.2, 0.25) is 0 Å². The first-order chi connectivity index (χ1) is 7.69. The Morgan fingerprint density at radius 2 is 2.12 bits per heavy atom. The molecular weight excluding hydrogens is 210 g/mol. The maximum atomic E-state index is 11.2. The van der Waals surface area contributed by atoms with Gasteiger partial charge in [-0.25, -0.2) is 4.79 Å². The standard InChI is InChI=1S/C11H13NO4/c1-8-9(15-2)4-3-5-10(8)16-11(14)12-6-7-13/h3-5,7H,6H2,1-2H3,(H,12,14). The number of hydrogen-bond donors (Lipinski definition) is 1. The normalized spacial score (nSPS) is 9.38. The van der Waals surface area contributed by atoms with Crippen LogP contribution in [0, 0.1) is 6.92 Å². The van der Waals surface area contributed by atoms with Gasteiger partial charge in [0.15, 0.2) is 0 Å². The minimum Gasteiger partial charge on any atom is -0.496 e. The first kappa shape index (κ1) is 12.0. The van der Waals surface area contributed by atoms with Crippen LogP contribution in [0.25, 0.3) is 0 Å². The summed E-state index contributed by atoms with van der Waals surface area (Å²) in [5.41, 5.74) is 0.728. The van der Waals surface area contributed by atoms with Crippen molar-refractivity contribution in [3.8, 4) is 11.5 Å². The quantitative estimate of drug-likeness (QED) is 0.781. The molecule has 0 aliphatic carbocycles. The van der Waals surface area contributed by atoms with Crippen LogP contribution in [0.1, 0.15) is 5.56 Å². The molecule has 5 heteroatoms. The van der Waals surface area contributed by atoms with E-state index in [1.807, 2.05) is 0 Å². The van der Waals surface area contributed by atoms with Crippen molar-refractivity contribution in [1.29, 1.82) is 0 Å². The lowest BCUT2D eigenvalue weighted by Crippen LogP contribution is -2.28. The third-order valence-corrected chi connectivity index (χ3v) is 1.99. The molecule has 0 fully saturated rings. The van der Waals surface area contributed by atoms with Crippen LogP contribution in [-0.2, 0) is 4.79 Å². The van der Waals surface area contributed by atoms with Crippen LogP contribution in [0.4, 0.5) is 4.79 Å². The second-order valence-electron chi connectivity index (χ2n) is 3.02. The topological polar surface area (TPSA) is 64.6 Å². The SMILES string of the molecule is COc1cccc(OC(=O)NCC=O)c1C. The molecule has 0 saturated heterocycles. The second-order valence-corrected chi connectivity index (χ2v) is 3.02. The summed E-state index contributed by atoms with van der Waals surface area (Å²) in [5.74, 6) is 1.04. The van der Waals surface area contributed by atoms with Crippen molar-refractivity contribution >= 4 is 12.4 Å². The van der Waals surface area contributed by atoms with Gasteiger partial charge in [-0.15, -0.1) is 0 Å². The van der Waals surface area contributed by atoms with E-state index in [-0.39, 0.29) is 6.54 Å². The van der Waals surface area contributed by atoms with Gasteiger partial charge in [0.05, 0.1) is 13.7 Å². The van der Waals surface area contributed by atoms with Crippen LogP contribution < -0.4 is 14.8 Å². The van der Waals surface area contributed by atoms with Gasteiger partial charge in [-0.3, -0.25) is 0 Å². The molecule has 0 bridgehead atoms. The summed E-state index contributed by atoms with van der Waals surface area (Å²) >= 11 is 0. The van der Waals surface area contributed by atoms with Crippen molar-refractivity contribution in [1.82, 2.24) is 5.32 Å². The fraction of sp³-hybridized carbons (Fsp3) is 0.273. The van der Waals surface area contributed by atoms with Gasteiger partial charge >= 0.3 is 6.09 Å². The molecular formula is C11H13NO4. The van der Waals surface area contributed by atoms with Crippen LogP contribution in [0.15, 0.2) is 18.2 Å². The van der Waals surface area contributed by atoms with Gasteiger partial charge in [-0.05, 0) is 19.1 Å². The van der Waals surface area contributed by atoms with Crippen molar-refractivity contribution < 1.29 is 19.1 Å². The molecule has 0 atom stereocenters. The molecule has 1 rings (SSSR count). The molecule has 0 unspecified atom stereocenters. The Morgan fingerprint density at radius 1 is 1.44 bits per heavy atom. The number of amides is 1. The summed E-state index contributed by atoms with van der Waals surface area (Å²) in [6, 6.07) is 5.14. The Balaban J connectivity index is 2.73. The van der Waals surface area contributed by atoms with Crippen LogP contribution in [0.2, 0.25) is 0 Å². The molecule has 16 heavy (non-hydrogen) atoms. The van der Waals surface area contributed by atoms with E-state index >= 15 is 0 Å². The van der Waals surface area contributed by atoms with Gasteiger partial charge in [0, 0.05) is 5.56 Å². The molecule has 1 N–H and O–H groups in total. The zero-order chi connectivity index (χ0) is 12.0. The van der Waals surface area contributed by atoms with Crippen LogP contribution >= 0.6 is 0 Å². The molecule has 0 spiro atoms. The Bertz CT molecular complexity index is 390. The molecule has 5 nitrogen and oxygen atoms in total. The lowest BCUT2D eigenvalue weighted by molar-refractivity contribution is -0.107. The Kier molecular flexibility index (Phi) is 4.32. The number of methoxy groups -OCH3 is 1. The predicted octanol–water partition coefficient (Wildman–Crippen LogP) is 1.29. The molecule has 86 valence electrons. The van der Waals surface area contributed by atoms with Crippen molar-refractivity contribution in [2.45, 2.75) is 6.92 Å². The number of carbonyl (C=O) groups is 2. The Labute approximate surface area is 93.4 Å². The highest BCUT2D eigenvalue weighted by atomic mass is 16.6. The van der Waals surface area contributed by atoms with Crippen LogP contribution in [-0.4, -0.2) is 26.0 Å². The molecule has 0 aliphatic heterocycles. The molecule has 0 radical (unpaired) electrons. The Morgan fingerprint density at radius 3 is 2.75 bits per heavy atom. The molecule has 1 aromatic rings. The average molecular weight is 223 g/mol. The van der Waals surface area contributed by atoms with Crippen molar-refractivity contribution in [2.24, 2.45) is 0 Å². The minimum atomic E-state index is -0.663. The first-order valence-electron chi connectivity index (χ1n) is 4.72. The number of aldehydes is 1. The number of hydrogen-bond acceptors (Lipinski definition) is 4. The van der Waals surface area contributed by atoms with Crippen molar-refractivity contribution in [2.75, 3.05) is 13.7 Å². The molecule has 0 saturated carbocycles. The van der Waals surface area contributed by atoms with Crippen LogP contribution in [0.5, 0.6) is 11.5 Å². The zero-order valence-electron chi connectivity index (χ0n) is 9.15. The van der Waals surface area contributed by atoms with E-state index in [0.717, 1.165) is 5.56 Å². The highest BCUT2D eigenvalue weighted by Crippen LogP contribution is 2.26. The van der Waals surface area contributed by atoms with E-state index in [0.29, 0.717) is 17.8 Å². The largest absolute Gasteiger partial charge is 0.496 e. The highest BCUT2D eigenvalue weighted by Gasteiger charge is 2.09. The summed E-state index contributed by atoms with van der Waals surface area (Å²) in [6.45, 7) is 1.71. The third kappa shape index (κ3) is 2.98. The maximum absolute atomic E-state index is 11.2. The van der Waals surface area contributed by atoms with Crippen molar-refractivity contribution in [3.63, 3.8) is 0 Å². The summed E-state index contributed by atoms with van der Waals surface area (Å²) in [6.07, 6.45) is -0.0804.